The normalized spacial score (nSPS) is 17.7. The summed E-state index contributed by atoms with van der Waals surface area (Å²) >= 11 is 0. The van der Waals surface area contributed by atoms with Crippen molar-refractivity contribution in [2.45, 2.75) is 26.2 Å². The van der Waals surface area contributed by atoms with Gasteiger partial charge in [0.1, 0.15) is 0 Å². The first-order valence-electron chi connectivity index (χ1n) is 9.41. The zero-order valence-corrected chi connectivity index (χ0v) is 15.2. The van der Waals surface area contributed by atoms with Crippen LogP contribution in [-0.2, 0) is 12.8 Å². The van der Waals surface area contributed by atoms with Crippen LogP contribution in [0.3, 0.4) is 0 Å². The number of allylic oxidation sites excluding steroid dienone is 9. The van der Waals surface area contributed by atoms with Crippen molar-refractivity contribution in [3.05, 3.63) is 112 Å². The summed E-state index contributed by atoms with van der Waals surface area (Å²) < 4.78 is 0. The monoisotopic (exact) mass is 334 g/mol. The van der Waals surface area contributed by atoms with Crippen molar-refractivity contribution in [2.24, 2.45) is 0 Å². The van der Waals surface area contributed by atoms with Gasteiger partial charge in [0, 0.05) is 0 Å². The van der Waals surface area contributed by atoms with E-state index in [-0.39, 0.29) is 0 Å². The lowest BCUT2D eigenvalue weighted by Crippen LogP contribution is -1.91. The minimum Gasteiger partial charge on any atom is -0.0984 e. The number of hydrogen-bond donors (Lipinski definition) is 0. The van der Waals surface area contributed by atoms with Crippen LogP contribution < -0.4 is 0 Å². The lowest BCUT2D eigenvalue weighted by atomic mass is 9.95. The molecule has 0 aliphatic heterocycles. The summed E-state index contributed by atoms with van der Waals surface area (Å²) in [7, 11) is 0. The van der Waals surface area contributed by atoms with Crippen LogP contribution in [0.1, 0.15) is 41.2 Å². The molecule has 2 aromatic carbocycles. The fraction of sp³-hybridized carbons (Fsp3) is 0.154. The summed E-state index contributed by atoms with van der Waals surface area (Å²) in [5.74, 6) is 0. The molecule has 0 aromatic heterocycles. The number of benzene rings is 2. The second-order valence-corrected chi connectivity index (χ2v) is 7.39. The zero-order valence-electron chi connectivity index (χ0n) is 15.2. The largest absolute Gasteiger partial charge is 0.0984 e. The Balaban J connectivity index is 1.53. The summed E-state index contributed by atoms with van der Waals surface area (Å²) in [4.78, 5) is 0. The van der Waals surface area contributed by atoms with Gasteiger partial charge in [-0.25, -0.2) is 0 Å². The highest BCUT2D eigenvalue weighted by molar-refractivity contribution is 5.96. The van der Waals surface area contributed by atoms with Crippen LogP contribution in [0.5, 0.6) is 0 Å². The van der Waals surface area contributed by atoms with Gasteiger partial charge >= 0.3 is 0 Å². The molecule has 0 saturated heterocycles. The molecule has 0 amide bonds. The summed E-state index contributed by atoms with van der Waals surface area (Å²) in [5.41, 5.74) is 14.2. The van der Waals surface area contributed by atoms with Crippen LogP contribution in [0.4, 0.5) is 0 Å². The van der Waals surface area contributed by atoms with Crippen LogP contribution in [0, 0.1) is 0 Å². The Morgan fingerprint density at radius 1 is 0.923 bits per heavy atom. The average molecular weight is 334 g/mol. The van der Waals surface area contributed by atoms with E-state index in [2.05, 4.69) is 74.2 Å². The summed E-state index contributed by atoms with van der Waals surface area (Å²) in [6.07, 6.45) is 12.0. The molecule has 0 saturated carbocycles. The van der Waals surface area contributed by atoms with Crippen molar-refractivity contribution >= 4 is 16.7 Å². The highest BCUT2D eigenvalue weighted by atomic mass is 14.3. The van der Waals surface area contributed by atoms with Crippen molar-refractivity contribution in [1.82, 2.24) is 0 Å². The van der Waals surface area contributed by atoms with Crippen LogP contribution in [0.25, 0.3) is 16.7 Å². The quantitative estimate of drug-likeness (QED) is 0.596. The third-order valence-electron chi connectivity index (χ3n) is 5.88. The van der Waals surface area contributed by atoms with Crippen LogP contribution in [0.2, 0.25) is 0 Å². The molecule has 0 atom stereocenters. The molecule has 126 valence electrons. The van der Waals surface area contributed by atoms with Gasteiger partial charge in [-0.3, -0.25) is 0 Å². The fourth-order valence-corrected chi connectivity index (χ4v) is 4.68. The van der Waals surface area contributed by atoms with Crippen molar-refractivity contribution in [3.63, 3.8) is 0 Å². The molecule has 0 heterocycles. The molecule has 0 unspecified atom stereocenters. The van der Waals surface area contributed by atoms with Gasteiger partial charge in [0.15, 0.2) is 0 Å². The molecule has 0 fully saturated rings. The minimum absolute atomic E-state index is 1.02. The first-order chi connectivity index (χ1) is 12.8. The van der Waals surface area contributed by atoms with E-state index in [1.807, 2.05) is 6.08 Å². The Morgan fingerprint density at radius 3 is 2.62 bits per heavy atom. The lowest BCUT2D eigenvalue weighted by molar-refractivity contribution is 1.13. The summed E-state index contributed by atoms with van der Waals surface area (Å²) in [5, 5.41) is 0. The van der Waals surface area contributed by atoms with Gasteiger partial charge < -0.3 is 0 Å². The van der Waals surface area contributed by atoms with Gasteiger partial charge in [0.25, 0.3) is 0 Å². The SMILES string of the molecule is C=CC1=C(/C=C\C)Cc2ccc(C3=CC4=C(C3)Cc3ccccc34)cc21. The zero-order chi connectivity index (χ0) is 17.7. The predicted octanol–water partition coefficient (Wildman–Crippen LogP) is 6.56. The molecular weight excluding hydrogens is 312 g/mol. The van der Waals surface area contributed by atoms with Gasteiger partial charge in [-0.15, -0.1) is 0 Å². The third kappa shape index (κ3) is 2.22. The van der Waals surface area contributed by atoms with E-state index in [9.17, 15) is 0 Å². The van der Waals surface area contributed by atoms with E-state index in [0.717, 1.165) is 19.3 Å². The van der Waals surface area contributed by atoms with E-state index in [4.69, 9.17) is 0 Å². The third-order valence-corrected chi connectivity index (χ3v) is 5.88. The maximum Gasteiger partial charge on any atom is -0.00136 e. The molecule has 26 heavy (non-hydrogen) atoms. The standard InChI is InChI=1S/C26H22/c1-3-7-18-12-20-11-10-17(15-25(20)23(18)4-2)21-14-22-13-19-8-5-6-9-24(19)26(22)16-21/h3-11,15-16H,2,12-14H2,1H3/b7-3-. The van der Waals surface area contributed by atoms with Gasteiger partial charge in [-0.2, -0.15) is 0 Å². The smallest absolute Gasteiger partial charge is 0.00136 e. The molecule has 2 aromatic rings. The van der Waals surface area contributed by atoms with E-state index in [1.54, 1.807) is 5.57 Å². The summed E-state index contributed by atoms with van der Waals surface area (Å²) in [6, 6.07) is 15.8. The van der Waals surface area contributed by atoms with Crippen LogP contribution in [-0.4, -0.2) is 0 Å². The minimum atomic E-state index is 1.02. The van der Waals surface area contributed by atoms with Gasteiger partial charge in [-0.05, 0) is 82.4 Å². The van der Waals surface area contributed by atoms with Crippen LogP contribution in [0.15, 0.2) is 84.5 Å². The van der Waals surface area contributed by atoms with Crippen molar-refractivity contribution in [2.75, 3.05) is 0 Å². The van der Waals surface area contributed by atoms with Gasteiger partial charge in [0.05, 0.1) is 0 Å². The summed E-state index contributed by atoms with van der Waals surface area (Å²) in [6.45, 7) is 6.14. The van der Waals surface area contributed by atoms with Gasteiger partial charge in [-0.1, -0.05) is 72.9 Å². The second kappa shape index (κ2) is 5.85. The molecule has 0 bridgehead atoms. The van der Waals surface area contributed by atoms with Gasteiger partial charge in [0.2, 0.25) is 0 Å². The highest BCUT2D eigenvalue weighted by Crippen LogP contribution is 2.45. The topological polar surface area (TPSA) is 0 Å². The van der Waals surface area contributed by atoms with Crippen LogP contribution >= 0.6 is 0 Å². The highest BCUT2D eigenvalue weighted by Gasteiger charge is 2.26. The molecule has 0 radical (unpaired) electrons. The Bertz CT molecular complexity index is 1070. The Labute approximate surface area is 155 Å². The molecule has 3 aliphatic carbocycles. The molecule has 0 nitrogen and oxygen atoms in total. The predicted molar refractivity (Wildman–Crippen MR) is 112 cm³/mol. The molecule has 3 aliphatic rings. The Kier molecular flexibility index (Phi) is 3.46. The number of hydrogen-bond acceptors (Lipinski definition) is 0. The molecule has 5 rings (SSSR count). The van der Waals surface area contributed by atoms with Crippen molar-refractivity contribution in [1.29, 1.82) is 0 Å². The first-order valence-corrected chi connectivity index (χ1v) is 9.41. The Hall–Kier alpha value is -2.86. The average Bonchev–Trinajstić information content (AvgIpc) is 3.31. The van der Waals surface area contributed by atoms with E-state index >= 15 is 0 Å². The lowest BCUT2D eigenvalue weighted by Gasteiger charge is -2.09. The van der Waals surface area contributed by atoms with Crippen molar-refractivity contribution in [3.8, 4) is 0 Å². The molecular formula is C26H22. The number of fused-ring (bicyclic) bond motifs is 3. The molecule has 0 N–H and O–H groups in total. The maximum absolute atomic E-state index is 4.06. The fourth-order valence-electron chi connectivity index (χ4n) is 4.68. The maximum atomic E-state index is 4.06. The molecule has 0 spiro atoms. The second-order valence-electron chi connectivity index (χ2n) is 7.39. The Morgan fingerprint density at radius 2 is 1.77 bits per heavy atom. The number of rotatable bonds is 3. The van der Waals surface area contributed by atoms with E-state index in [1.165, 1.54) is 50.1 Å². The first kappa shape index (κ1) is 15.4. The van der Waals surface area contributed by atoms with E-state index < -0.39 is 0 Å². The molecule has 0 heteroatoms. The van der Waals surface area contributed by atoms with Crippen molar-refractivity contribution < 1.29 is 0 Å². The van der Waals surface area contributed by atoms with E-state index in [0.29, 0.717) is 0 Å².